The van der Waals surface area contributed by atoms with Crippen molar-refractivity contribution < 1.29 is 14.6 Å². The van der Waals surface area contributed by atoms with Crippen LogP contribution in [-0.2, 0) is 9.53 Å². The Labute approximate surface area is 110 Å². The van der Waals surface area contributed by atoms with Gasteiger partial charge in [-0.3, -0.25) is 9.69 Å². The van der Waals surface area contributed by atoms with Crippen molar-refractivity contribution in [2.75, 3.05) is 26.8 Å². The summed E-state index contributed by atoms with van der Waals surface area (Å²) in [7, 11) is 1.69. The first-order valence-corrected chi connectivity index (χ1v) is 6.60. The molecule has 0 fully saturated rings. The van der Waals surface area contributed by atoms with E-state index in [-0.39, 0.29) is 0 Å². The van der Waals surface area contributed by atoms with Gasteiger partial charge in [0.2, 0.25) is 0 Å². The molecule has 0 aliphatic carbocycles. The number of nitrogens with zero attached hydrogens (tertiary/aromatic N) is 1. The highest BCUT2D eigenvalue weighted by molar-refractivity contribution is 5.77. The Hall–Kier alpha value is -0.650. The van der Waals surface area contributed by atoms with Crippen LogP contribution in [0, 0.1) is 0 Å². The van der Waals surface area contributed by atoms with Gasteiger partial charge in [-0.25, -0.2) is 0 Å². The van der Waals surface area contributed by atoms with Crippen molar-refractivity contribution in [2.45, 2.75) is 51.6 Å². The highest BCUT2D eigenvalue weighted by Crippen LogP contribution is 2.12. The van der Waals surface area contributed by atoms with Gasteiger partial charge in [0, 0.05) is 19.7 Å². The van der Waals surface area contributed by atoms with E-state index in [9.17, 15) is 4.79 Å². The van der Waals surface area contributed by atoms with Crippen LogP contribution in [0.1, 0.15) is 40.0 Å². The Morgan fingerprint density at radius 2 is 2.11 bits per heavy atom. The molecule has 0 rings (SSSR count). The fourth-order valence-electron chi connectivity index (χ4n) is 1.78. The fraction of sp³-hybridized carbons (Fsp3) is 0.923. The minimum absolute atomic E-state index is 0.481. The van der Waals surface area contributed by atoms with Gasteiger partial charge in [0.05, 0.1) is 6.61 Å². The zero-order valence-corrected chi connectivity index (χ0v) is 12.1. The first-order valence-electron chi connectivity index (χ1n) is 6.60. The zero-order valence-electron chi connectivity index (χ0n) is 12.1. The number of methoxy groups -OCH3 is 1. The minimum atomic E-state index is -1.12. The molecule has 0 saturated carbocycles. The Morgan fingerprint density at radius 3 is 2.56 bits per heavy atom. The molecule has 0 spiro atoms. The van der Waals surface area contributed by atoms with Crippen molar-refractivity contribution >= 4 is 5.97 Å². The Bertz CT molecular complexity index is 244. The van der Waals surface area contributed by atoms with Crippen LogP contribution in [0.3, 0.4) is 0 Å². The van der Waals surface area contributed by atoms with Crippen molar-refractivity contribution in [2.24, 2.45) is 5.73 Å². The topological polar surface area (TPSA) is 75.8 Å². The maximum Gasteiger partial charge on any atom is 0.323 e. The molecule has 108 valence electrons. The quantitative estimate of drug-likeness (QED) is 0.619. The molecule has 0 aromatic heterocycles. The molecule has 5 heteroatoms. The third-order valence-electron chi connectivity index (χ3n) is 3.43. The second kappa shape index (κ2) is 8.45. The zero-order chi connectivity index (χ0) is 14.2. The SMILES string of the molecule is CCC(C)N(CCCC(C)(N)C(=O)O)CCOC. The first kappa shape index (κ1) is 17.4. The predicted molar refractivity (Wildman–Crippen MR) is 72.7 cm³/mol. The third-order valence-corrected chi connectivity index (χ3v) is 3.43. The van der Waals surface area contributed by atoms with Crippen LogP contribution in [0.15, 0.2) is 0 Å². The van der Waals surface area contributed by atoms with Gasteiger partial charge < -0.3 is 15.6 Å². The maximum atomic E-state index is 10.9. The first-order chi connectivity index (χ1) is 8.35. The van der Waals surface area contributed by atoms with Gasteiger partial charge in [-0.2, -0.15) is 0 Å². The number of nitrogens with two attached hydrogens (primary N) is 1. The summed E-state index contributed by atoms with van der Waals surface area (Å²) in [6.45, 7) is 8.32. The van der Waals surface area contributed by atoms with E-state index in [0.717, 1.165) is 25.9 Å². The van der Waals surface area contributed by atoms with E-state index in [0.29, 0.717) is 19.1 Å². The molecule has 0 aromatic rings. The molecule has 0 heterocycles. The predicted octanol–water partition coefficient (Wildman–Crippen LogP) is 1.32. The van der Waals surface area contributed by atoms with E-state index < -0.39 is 11.5 Å². The lowest BCUT2D eigenvalue weighted by atomic mass is 9.97. The van der Waals surface area contributed by atoms with E-state index in [4.69, 9.17) is 15.6 Å². The van der Waals surface area contributed by atoms with E-state index >= 15 is 0 Å². The Kier molecular flexibility index (Phi) is 8.15. The monoisotopic (exact) mass is 260 g/mol. The summed E-state index contributed by atoms with van der Waals surface area (Å²) in [6.07, 6.45) is 2.35. The van der Waals surface area contributed by atoms with Gasteiger partial charge in [-0.05, 0) is 39.7 Å². The number of hydrogen-bond acceptors (Lipinski definition) is 4. The molecule has 3 N–H and O–H groups in total. The largest absolute Gasteiger partial charge is 0.480 e. The highest BCUT2D eigenvalue weighted by atomic mass is 16.5. The number of carboxylic acids is 1. The van der Waals surface area contributed by atoms with Crippen molar-refractivity contribution in [1.29, 1.82) is 0 Å². The summed E-state index contributed by atoms with van der Waals surface area (Å²) in [4.78, 5) is 13.2. The van der Waals surface area contributed by atoms with Gasteiger partial charge in [-0.1, -0.05) is 6.92 Å². The Balaban J connectivity index is 4.14. The number of carbonyl (C=O) groups is 1. The molecule has 2 unspecified atom stereocenters. The summed E-state index contributed by atoms with van der Waals surface area (Å²) >= 11 is 0. The smallest absolute Gasteiger partial charge is 0.323 e. The van der Waals surface area contributed by atoms with Gasteiger partial charge in [0.1, 0.15) is 5.54 Å². The molecule has 0 aliphatic heterocycles. The van der Waals surface area contributed by atoms with Crippen LogP contribution < -0.4 is 5.73 Å². The van der Waals surface area contributed by atoms with Crippen LogP contribution in [0.4, 0.5) is 0 Å². The molecular weight excluding hydrogens is 232 g/mol. The van der Waals surface area contributed by atoms with E-state index in [2.05, 4.69) is 18.7 Å². The van der Waals surface area contributed by atoms with Crippen molar-refractivity contribution in [3.8, 4) is 0 Å². The van der Waals surface area contributed by atoms with Crippen molar-refractivity contribution in [3.05, 3.63) is 0 Å². The maximum absolute atomic E-state index is 10.9. The summed E-state index contributed by atoms with van der Waals surface area (Å²) in [5.74, 6) is -0.936. The summed E-state index contributed by atoms with van der Waals surface area (Å²) in [5, 5.41) is 8.94. The second-order valence-electron chi connectivity index (χ2n) is 5.11. The lowest BCUT2D eigenvalue weighted by Crippen LogP contribution is -2.45. The normalized spacial score (nSPS) is 16.6. The average molecular weight is 260 g/mol. The van der Waals surface area contributed by atoms with Gasteiger partial charge >= 0.3 is 5.97 Å². The van der Waals surface area contributed by atoms with Crippen molar-refractivity contribution in [3.63, 3.8) is 0 Å². The molecule has 0 bridgehead atoms. The van der Waals surface area contributed by atoms with Gasteiger partial charge in [0.15, 0.2) is 0 Å². The number of ether oxygens (including phenoxy) is 1. The molecule has 5 nitrogen and oxygen atoms in total. The second-order valence-corrected chi connectivity index (χ2v) is 5.11. The lowest BCUT2D eigenvalue weighted by molar-refractivity contribution is -0.143. The Morgan fingerprint density at radius 1 is 1.50 bits per heavy atom. The van der Waals surface area contributed by atoms with Crippen LogP contribution >= 0.6 is 0 Å². The summed E-state index contributed by atoms with van der Waals surface area (Å²) in [6, 6.07) is 0.481. The minimum Gasteiger partial charge on any atom is -0.480 e. The fourth-order valence-corrected chi connectivity index (χ4v) is 1.78. The molecule has 2 atom stereocenters. The number of rotatable bonds is 10. The molecule has 0 aliphatic rings. The number of carboxylic acid groups (broad SMARTS) is 1. The molecule has 0 radical (unpaired) electrons. The van der Waals surface area contributed by atoms with Crippen LogP contribution in [0.5, 0.6) is 0 Å². The van der Waals surface area contributed by atoms with E-state index in [1.54, 1.807) is 14.0 Å². The molecule has 0 amide bonds. The van der Waals surface area contributed by atoms with Crippen LogP contribution in [0.2, 0.25) is 0 Å². The standard InChI is InChI=1S/C13H28N2O3/c1-5-11(2)15(9-10-18-4)8-6-7-13(3,14)12(16)17/h11H,5-10,14H2,1-4H3,(H,16,17). The molecular formula is C13H28N2O3. The van der Waals surface area contributed by atoms with Crippen LogP contribution in [-0.4, -0.2) is 54.4 Å². The van der Waals surface area contributed by atoms with E-state index in [1.807, 2.05) is 0 Å². The van der Waals surface area contributed by atoms with Gasteiger partial charge in [0.25, 0.3) is 0 Å². The van der Waals surface area contributed by atoms with Crippen molar-refractivity contribution in [1.82, 2.24) is 4.90 Å². The molecule has 18 heavy (non-hydrogen) atoms. The molecule has 0 aromatic carbocycles. The lowest BCUT2D eigenvalue weighted by Gasteiger charge is -2.29. The molecule has 0 saturated heterocycles. The average Bonchev–Trinajstić information content (AvgIpc) is 2.32. The number of hydrogen-bond donors (Lipinski definition) is 2. The third kappa shape index (κ3) is 6.33. The van der Waals surface area contributed by atoms with E-state index in [1.165, 1.54) is 0 Å². The summed E-state index contributed by atoms with van der Waals surface area (Å²) in [5.41, 5.74) is 4.59. The summed E-state index contributed by atoms with van der Waals surface area (Å²) < 4.78 is 5.09. The highest BCUT2D eigenvalue weighted by Gasteiger charge is 2.27. The number of aliphatic carboxylic acids is 1. The van der Waals surface area contributed by atoms with Crippen LogP contribution in [0.25, 0.3) is 0 Å². The van der Waals surface area contributed by atoms with Gasteiger partial charge in [-0.15, -0.1) is 0 Å².